The van der Waals surface area contributed by atoms with Crippen LogP contribution in [0.1, 0.15) is 21.6 Å². The topological polar surface area (TPSA) is 79.9 Å². The van der Waals surface area contributed by atoms with Gasteiger partial charge in [0.25, 0.3) is 5.91 Å². The van der Waals surface area contributed by atoms with Crippen molar-refractivity contribution in [2.75, 3.05) is 5.32 Å². The van der Waals surface area contributed by atoms with Gasteiger partial charge in [0, 0.05) is 35.4 Å². The van der Waals surface area contributed by atoms with Crippen molar-refractivity contribution in [1.82, 2.24) is 15.0 Å². The van der Waals surface area contributed by atoms with Crippen molar-refractivity contribution in [2.45, 2.75) is 13.5 Å². The molecule has 2 aromatic heterocycles. The van der Waals surface area contributed by atoms with Crippen LogP contribution < -0.4 is 10.1 Å². The minimum atomic E-state index is -0.180. The normalized spacial score (nSPS) is 9.84. The number of carbonyl (C=O) groups is 1. The number of benzene rings is 2. The zero-order chi connectivity index (χ0) is 20.1. The standard InChI is InChI=1S/C23H20N4O2.2ClH/c1-16-5-6-18(22-25-12-13-26-22)14-21(16)27-23(28)17-7-9-20(10-8-17)29-15-19-4-2-3-11-24-19;;/h2-14H,15H2,1H3,(H,25,26)(H,27,28);2*1H. The molecule has 0 atom stereocenters. The van der Waals surface area contributed by atoms with Gasteiger partial charge in [0.2, 0.25) is 0 Å². The van der Waals surface area contributed by atoms with Gasteiger partial charge in [-0.15, -0.1) is 24.8 Å². The monoisotopic (exact) mass is 456 g/mol. The summed E-state index contributed by atoms with van der Waals surface area (Å²) in [6.45, 7) is 2.33. The van der Waals surface area contributed by atoms with Crippen LogP contribution in [0.5, 0.6) is 5.75 Å². The second-order valence-corrected chi connectivity index (χ2v) is 6.56. The average Bonchev–Trinajstić information content (AvgIpc) is 3.30. The molecule has 31 heavy (non-hydrogen) atoms. The fraction of sp³-hybridized carbons (Fsp3) is 0.0870. The van der Waals surface area contributed by atoms with Crippen LogP contribution in [0.15, 0.2) is 79.3 Å². The molecule has 2 aromatic carbocycles. The van der Waals surface area contributed by atoms with Crippen LogP contribution in [0.4, 0.5) is 5.69 Å². The highest BCUT2D eigenvalue weighted by molar-refractivity contribution is 6.05. The zero-order valence-electron chi connectivity index (χ0n) is 16.7. The molecule has 4 aromatic rings. The first-order valence-corrected chi connectivity index (χ1v) is 9.23. The summed E-state index contributed by atoms with van der Waals surface area (Å²) in [4.78, 5) is 24.2. The number of aromatic amines is 1. The van der Waals surface area contributed by atoms with E-state index in [0.717, 1.165) is 28.3 Å². The third kappa shape index (κ3) is 6.07. The summed E-state index contributed by atoms with van der Waals surface area (Å²) in [6.07, 6.45) is 5.20. The highest BCUT2D eigenvalue weighted by Gasteiger charge is 2.10. The first-order valence-electron chi connectivity index (χ1n) is 9.23. The Morgan fingerprint density at radius 3 is 2.48 bits per heavy atom. The van der Waals surface area contributed by atoms with Gasteiger partial charge in [-0.05, 0) is 55.0 Å². The maximum atomic E-state index is 12.7. The highest BCUT2D eigenvalue weighted by Crippen LogP contribution is 2.24. The van der Waals surface area contributed by atoms with Gasteiger partial charge in [0.15, 0.2) is 0 Å². The van der Waals surface area contributed by atoms with Gasteiger partial charge < -0.3 is 15.0 Å². The number of nitrogens with zero attached hydrogens (tertiary/aromatic N) is 2. The van der Waals surface area contributed by atoms with E-state index in [1.165, 1.54) is 0 Å². The van der Waals surface area contributed by atoms with Crippen LogP contribution in [0.25, 0.3) is 11.4 Å². The van der Waals surface area contributed by atoms with E-state index in [2.05, 4.69) is 20.3 Å². The third-order valence-corrected chi connectivity index (χ3v) is 4.49. The first kappa shape index (κ1) is 23.9. The number of carbonyl (C=O) groups excluding carboxylic acids is 1. The maximum absolute atomic E-state index is 12.7. The number of anilines is 1. The van der Waals surface area contributed by atoms with E-state index in [0.29, 0.717) is 17.9 Å². The number of imidazole rings is 1. The summed E-state index contributed by atoms with van der Waals surface area (Å²) < 4.78 is 5.72. The summed E-state index contributed by atoms with van der Waals surface area (Å²) in [5.41, 5.74) is 4.04. The van der Waals surface area contributed by atoms with E-state index < -0.39 is 0 Å². The molecule has 1 amide bonds. The van der Waals surface area contributed by atoms with Crippen molar-refractivity contribution in [3.8, 4) is 17.1 Å². The summed E-state index contributed by atoms with van der Waals surface area (Å²) in [7, 11) is 0. The van der Waals surface area contributed by atoms with Crippen molar-refractivity contribution in [1.29, 1.82) is 0 Å². The maximum Gasteiger partial charge on any atom is 0.255 e. The molecule has 4 rings (SSSR count). The number of aryl methyl sites for hydroxylation is 1. The fourth-order valence-electron chi connectivity index (χ4n) is 2.86. The minimum Gasteiger partial charge on any atom is -0.487 e. The highest BCUT2D eigenvalue weighted by atomic mass is 35.5. The molecule has 0 saturated heterocycles. The van der Waals surface area contributed by atoms with Crippen molar-refractivity contribution in [2.24, 2.45) is 0 Å². The lowest BCUT2D eigenvalue weighted by molar-refractivity contribution is 0.102. The van der Waals surface area contributed by atoms with Crippen LogP contribution in [0.3, 0.4) is 0 Å². The average molecular weight is 457 g/mol. The number of ether oxygens (including phenoxy) is 1. The second kappa shape index (κ2) is 11.2. The molecule has 0 radical (unpaired) electrons. The minimum absolute atomic E-state index is 0. The van der Waals surface area contributed by atoms with Crippen molar-refractivity contribution in [3.63, 3.8) is 0 Å². The van der Waals surface area contributed by atoms with Gasteiger partial charge in [-0.25, -0.2) is 4.98 Å². The Labute approximate surface area is 192 Å². The number of hydrogen-bond donors (Lipinski definition) is 2. The lowest BCUT2D eigenvalue weighted by Crippen LogP contribution is -2.12. The Kier molecular flexibility index (Phi) is 8.61. The molecule has 0 bridgehead atoms. The molecule has 0 fully saturated rings. The van der Waals surface area contributed by atoms with Gasteiger partial charge in [-0.2, -0.15) is 0 Å². The molecule has 0 unspecified atom stereocenters. The van der Waals surface area contributed by atoms with E-state index in [1.54, 1.807) is 42.9 Å². The number of H-pyrrole nitrogens is 1. The van der Waals surface area contributed by atoms with E-state index >= 15 is 0 Å². The Morgan fingerprint density at radius 2 is 1.81 bits per heavy atom. The van der Waals surface area contributed by atoms with E-state index in [4.69, 9.17) is 4.74 Å². The third-order valence-electron chi connectivity index (χ3n) is 4.49. The molecule has 0 aliphatic rings. The second-order valence-electron chi connectivity index (χ2n) is 6.56. The number of amides is 1. The summed E-state index contributed by atoms with van der Waals surface area (Å²) >= 11 is 0. The van der Waals surface area contributed by atoms with Crippen LogP contribution in [0, 0.1) is 6.92 Å². The summed E-state index contributed by atoms with van der Waals surface area (Å²) in [5.74, 6) is 1.26. The molecule has 2 heterocycles. The molecule has 6 nitrogen and oxygen atoms in total. The molecular weight excluding hydrogens is 435 g/mol. The van der Waals surface area contributed by atoms with Crippen LogP contribution in [-0.2, 0) is 6.61 Å². The van der Waals surface area contributed by atoms with E-state index in [1.807, 2.05) is 43.3 Å². The summed E-state index contributed by atoms with van der Waals surface area (Å²) in [5, 5.41) is 2.97. The molecular formula is C23H22Cl2N4O2. The van der Waals surface area contributed by atoms with Gasteiger partial charge in [0.05, 0.1) is 5.69 Å². The molecule has 160 valence electrons. The van der Waals surface area contributed by atoms with Gasteiger partial charge >= 0.3 is 0 Å². The lowest BCUT2D eigenvalue weighted by atomic mass is 10.1. The Morgan fingerprint density at radius 1 is 1.00 bits per heavy atom. The lowest BCUT2D eigenvalue weighted by Gasteiger charge is -2.11. The molecule has 0 spiro atoms. The number of nitrogens with one attached hydrogen (secondary N) is 2. The smallest absolute Gasteiger partial charge is 0.255 e. The zero-order valence-corrected chi connectivity index (χ0v) is 18.4. The Hall–Kier alpha value is -3.35. The molecule has 2 N–H and O–H groups in total. The number of hydrogen-bond acceptors (Lipinski definition) is 4. The van der Waals surface area contributed by atoms with Crippen LogP contribution >= 0.6 is 24.8 Å². The summed E-state index contributed by atoms with van der Waals surface area (Å²) in [6, 6.07) is 18.6. The molecule has 0 saturated carbocycles. The SMILES string of the molecule is Cc1ccc(-c2ncc[nH]2)cc1NC(=O)c1ccc(OCc2ccccn2)cc1.Cl.Cl. The Bertz CT molecular complexity index is 1100. The number of pyridine rings is 1. The first-order chi connectivity index (χ1) is 14.2. The van der Waals surface area contributed by atoms with Gasteiger partial charge in [-0.1, -0.05) is 18.2 Å². The van der Waals surface area contributed by atoms with Crippen molar-refractivity contribution < 1.29 is 9.53 Å². The number of halogens is 2. The quantitative estimate of drug-likeness (QED) is 0.403. The van der Waals surface area contributed by atoms with Crippen LogP contribution in [-0.4, -0.2) is 20.9 Å². The van der Waals surface area contributed by atoms with Gasteiger partial charge in [0.1, 0.15) is 18.2 Å². The largest absolute Gasteiger partial charge is 0.487 e. The predicted octanol–water partition coefficient (Wildman–Crippen LogP) is 5.46. The van der Waals surface area contributed by atoms with Crippen molar-refractivity contribution >= 4 is 36.4 Å². The molecule has 0 aliphatic heterocycles. The van der Waals surface area contributed by atoms with Gasteiger partial charge in [-0.3, -0.25) is 9.78 Å². The van der Waals surface area contributed by atoms with Crippen LogP contribution in [0.2, 0.25) is 0 Å². The predicted molar refractivity (Wildman–Crippen MR) is 126 cm³/mol. The Balaban J connectivity index is 0.00000171. The van der Waals surface area contributed by atoms with Crippen molar-refractivity contribution in [3.05, 3.63) is 96.1 Å². The number of aromatic nitrogens is 3. The fourth-order valence-corrected chi connectivity index (χ4v) is 2.86. The van der Waals surface area contributed by atoms with E-state index in [9.17, 15) is 4.79 Å². The number of rotatable bonds is 6. The molecule has 0 aliphatic carbocycles. The van der Waals surface area contributed by atoms with E-state index in [-0.39, 0.29) is 30.7 Å². The molecule has 8 heteroatoms.